The molecule has 1 aromatic rings. The molecule has 0 aliphatic rings. The van der Waals surface area contributed by atoms with Gasteiger partial charge in [0.1, 0.15) is 0 Å². The van der Waals surface area contributed by atoms with E-state index < -0.39 is 37.2 Å². The third-order valence-corrected chi connectivity index (χ3v) is 7.74. The predicted octanol–water partition coefficient (Wildman–Crippen LogP) is 4.05. The number of aromatic carboxylic acids is 1. The van der Waals surface area contributed by atoms with Crippen LogP contribution in [0.25, 0.3) is 0 Å². The van der Waals surface area contributed by atoms with Gasteiger partial charge in [-0.15, -0.1) is 0 Å². The van der Waals surface area contributed by atoms with Crippen molar-refractivity contribution in [2.45, 2.75) is 38.9 Å². The second-order valence-electron chi connectivity index (χ2n) is 5.94. The van der Waals surface area contributed by atoms with Crippen LogP contribution in [-0.2, 0) is 0 Å². The summed E-state index contributed by atoms with van der Waals surface area (Å²) >= 11 is 0. The molecule has 0 amide bonds. The Morgan fingerprint density at radius 3 is 1.95 bits per heavy atom. The zero-order chi connectivity index (χ0) is 15.0. The van der Waals surface area contributed by atoms with E-state index >= 15 is 0 Å². The average Bonchev–Trinajstić information content (AvgIpc) is 2.21. The Morgan fingerprint density at radius 1 is 1.21 bits per heavy atom. The lowest BCUT2D eigenvalue weighted by molar-refractivity contribution is 0.0695. The van der Waals surface area contributed by atoms with Crippen LogP contribution in [-0.4, -0.2) is 19.4 Å². The molecule has 1 aromatic carbocycles. The van der Waals surface area contributed by atoms with E-state index in [-0.39, 0.29) is 5.04 Å². The topological polar surface area (TPSA) is 46.5 Å². The molecule has 0 heterocycles. The van der Waals surface area contributed by atoms with E-state index in [1.54, 1.807) is 0 Å². The number of hydrogen-bond acceptors (Lipinski definition) is 2. The van der Waals surface area contributed by atoms with Crippen molar-refractivity contribution in [1.29, 1.82) is 0 Å². The van der Waals surface area contributed by atoms with Crippen molar-refractivity contribution in [3.05, 3.63) is 29.3 Å². The number of halogens is 2. The van der Waals surface area contributed by atoms with Gasteiger partial charge >= 0.3 is 5.97 Å². The maximum absolute atomic E-state index is 13.8. The molecule has 0 spiro atoms. The molecular weight excluding hydrogens is 270 g/mol. The van der Waals surface area contributed by atoms with Gasteiger partial charge in [-0.05, 0) is 30.3 Å². The van der Waals surface area contributed by atoms with Crippen LogP contribution in [0, 0.1) is 11.6 Å². The molecule has 0 unspecified atom stereocenters. The van der Waals surface area contributed by atoms with Crippen molar-refractivity contribution >= 4 is 14.3 Å². The summed E-state index contributed by atoms with van der Waals surface area (Å²) in [7, 11) is -2.38. The van der Waals surface area contributed by atoms with Gasteiger partial charge in [0.05, 0.1) is 5.56 Å². The second kappa shape index (κ2) is 4.92. The van der Waals surface area contributed by atoms with Gasteiger partial charge in [0.25, 0.3) is 8.32 Å². The van der Waals surface area contributed by atoms with E-state index in [0.29, 0.717) is 0 Å². The van der Waals surface area contributed by atoms with Crippen LogP contribution >= 0.6 is 0 Å². The maximum Gasteiger partial charge on any atom is 0.335 e. The van der Waals surface area contributed by atoms with Gasteiger partial charge in [-0.3, -0.25) is 0 Å². The summed E-state index contributed by atoms with van der Waals surface area (Å²) in [6.45, 7) is 9.55. The maximum atomic E-state index is 13.8. The molecule has 106 valence electrons. The summed E-state index contributed by atoms with van der Waals surface area (Å²) in [5.74, 6) is -3.84. The highest BCUT2D eigenvalue weighted by molar-refractivity contribution is 6.74. The molecule has 1 rings (SSSR count). The number of hydrogen-bond donors (Lipinski definition) is 1. The lowest BCUT2D eigenvalue weighted by Gasteiger charge is -2.36. The Morgan fingerprint density at radius 2 is 1.63 bits per heavy atom. The van der Waals surface area contributed by atoms with Crippen LogP contribution in [0.2, 0.25) is 18.1 Å². The zero-order valence-corrected chi connectivity index (χ0v) is 12.7. The smallest absolute Gasteiger partial charge is 0.335 e. The predicted molar refractivity (Wildman–Crippen MR) is 71.1 cm³/mol. The quantitative estimate of drug-likeness (QED) is 0.854. The molecule has 0 radical (unpaired) electrons. The summed E-state index contributed by atoms with van der Waals surface area (Å²) < 4.78 is 33.1. The fourth-order valence-corrected chi connectivity index (χ4v) is 2.20. The van der Waals surface area contributed by atoms with Gasteiger partial charge in [-0.25, -0.2) is 13.6 Å². The Balaban J connectivity index is 3.20. The van der Waals surface area contributed by atoms with Gasteiger partial charge in [-0.2, -0.15) is 0 Å². The molecule has 19 heavy (non-hydrogen) atoms. The highest BCUT2D eigenvalue weighted by Crippen LogP contribution is 2.38. The van der Waals surface area contributed by atoms with Crippen molar-refractivity contribution in [3.8, 4) is 5.75 Å². The fourth-order valence-electron chi connectivity index (χ4n) is 1.19. The second-order valence-corrected chi connectivity index (χ2v) is 10.7. The normalized spacial score (nSPS) is 12.4. The van der Waals surface area contributed by atoms with Crippen molar-refractivity contribution < 1.29 is 23.1 Å². The number of benzene rings is 1. The van der Waals surface area contributed by atoms with Crippen LogP contribution in [0.1, 0.15) is 31.1 Å². The summed E-state index contributed by atoms with van der Waals surface area (Å²) in [5, 5.41) is 8.51. The van der Waals surface area contributed by atoms with Gasteiger partial charge in [0.15, 0.2) is 17.4 Å². The van der Waals surface area contributed by atoms with Crippen molar-refractivity contribution in [2.75, 3.05) is 0 Å². The van der Waals surface area contributed by atoms with Crippen molar-refractivity contribution in [3.63, 3.8) is 0 Å². The molecule has 0 aliphatic carbocycles. The standard InChI is InChI=1S/C13H18F2O3Si/c1-13(2,3)19(4,5)18-11-9(14)6-8(12(16)17)7-10(11)15/h6-7H,1-5H3,(H,16,17). The summed E-state index contributed by atoms with van der Waals surface area (Å²) in [6, 6.07) is 1.54. The molecule has 3 nitrogen and oxygen atoms in total. The van der Waals surface area contributed by atoms with E-state index in [0.717, 1.165) is 12.1 Å². The van der Waals surface area contributed by atoms with Crippen LogP contribution in [0.4, 0.5) is 8.78 Å². The van der Waals surface area contributed by atoms with E-state index in [2.05, 4.69) is 0 Å². The molecule has 0 atom stereocenters. The largest absolute Gasteiger partial charge is 0.540 e. The first-order chi connectivity index (χ1) is 8.45. The monoisotopic (exact) mass is 288 g/mol. The molecule has 0 bridgehead atoms. The Kier molecular flexibility index (Phi) is 4.05. The van der Waals surface area contributed by atoms with Crippen LogP contribution in [0.3, 0.4) is 0 Å². The SMILES string of the molecule is CC(C)(C)[Si](C)(C)Oc1c(F)cc(C(=O)O)cc1F. The molecule has 1 N–H and O–H groups in total. The molecule has 0 fully saturated rings. The van der Waals surface area contributed by atoms with Crippen molar-refractivity contribution in [2.24, 2.45) is 0 Å². The first-order valence-electron chi connectivity index (χ1n) is 5.87. The van der Waals surface area contributed by atoms with E-state index in [1.807, 2.05) is 33.9 Å². The molecular formula is C13H18F2O3Si. The minimum absolute atomic E-state index is 0.211. The Bertz CT molecular complexity index is 484. The van der Waals surface area contributed by atoms with Crippen molar-refractivity contribution in [1.82, 2.24) is 0 Å². The first kappa shape index (κ1) is 15.6. The third kappa shape index (κ3) is 3.31. The van der Waals surface area contributed by atoms with Gasteiger partial charge in [-0.1, -0.05) is 20.8 Å². The molecule has 6 heteroatoms. The number of carbonyl (C=O) groups is 1. The fraction of sp³-hybridized carbons (Fsp3) is 0.462. The highest BCUT2D eigenvalue weighted by Gasteiger charge is 2.40. The van der Waals surface area contributed by atoms with Gasteiger partial charge < -0.3 is 9.53 Å². The molecule has 0 aliphatic heterocycles. The number of rotatable bonds is 3. The van der Waals surface area contributed by atoms with Crippen LogP contribution in [0.15, 0.2) is 12.1 Å². The summed E-state index contributed by atoms with van der Waals surface area (Å²) in [4.78, 5) is 10.7. The Labute approximate surface area is 112 Å². The number of carboxylic acid groups (broad SMARTS) is 1. The van der Waals surface area contributed by atoms with E-state index in [1.165, 1.54) is 0 Å². The van der Waals surface area contributed by atoms with Gasteiger partial charge in [0, 0.05) is 0 Å². The lowest BCUT2D eigenvalue weighted by atomic mass is 10.2. The Hall–Kier alpha value is -1.43. The van der Waals surface area contributed by atoms with Crippen LogP contribution < -0.4 is 4.43 Å². The minimum Gasteiger partial charge on any atom is -0.540 e. The van der Waals surface area contributed by atoms with E-state index in [4.69, 9.17) is 9.53 Å². The third-order valence-electron chi connectivity index (χ3n) is 3.41. The summed E-state index contributed by atoms with van der Waals surface area (Å²) in [5.41, 5.74) is -0.433. The average molecular weight is 288 g/mol. The lowest BCUT2D eigenvalue weighted by Crippen LogP contribution is -2.44. The molecule has 0 saturated heterocycles. The zero-order valence-electron chi connectivity index (χ0n) is 11.7. The number of carboxylic acids is 1. The highest BCUT2D eigenvalue weighted by atomic mass is 28.4. The summed E-state index contributed by atoms with van der Waals surface area (Å²) in [6.07, 6.45) is 0. The minimum atomic E-state index is -2.38. The van der Waals surface area contributed by atoms with Crippen LogP contribution in [0.5, 0.6) is 5.75 Å². The molecule has 0 saturated carbocycles. The van der Waals surface area contributed by atoms with Gasteiger partial charge in [0.2, 0.25) is 0 Å². The molecule has 0 aromatic heterocycles. The van der Waals surface area contributed by atoms with E-state index in [9.17, 15) is 13.6 Å². The first-order valence-corrected chi connectivity index (χ1v) is 8.78.